The predicted molar refractivity (Wildman–Crippen MR) is 75.3 cm³/mol. The molecule has 0 aliphatic carbocycles. The van der Waals surface area contributed by atoms with Gasteiger partial charge in [0.2, 0.25) is 5.91 Å². The molecule has 1 aliphatic heterocycles. The molecular formula is C15H19FN2O3. The van der Waals surface area contributed by atoms with Crippen molar-refractivity contribution in [1.82, 2.24) is 9.80 Å². The van der Waals surface area contributed by atoms with Crippen LogP contribution < -0.4 is 4.74 Å². The van der Waals surface area contributed by atoms with E-state index in [1.54, 1.807) is 17.0 Å². The largest absolute Gasteiger partial charge is 0.481 e. The van der Waals surface area contributed by atoms with Crippen LogP contribution in [-0.2, 0) is 9.59 Å². The number of hydrogen-bond acceptors (Lipinski definition) is 3. The predicted octanol–water partition coefficient (Wildman–Crippen LogP) is 1.28. The maximum Gasteiger partial charge on any atom is 0.261 e. The number of hydrogen-bond donors (Lipinski definition) is 0. The second-order valence-corrected chi connectivity index (χ2v) is 5.22. The van der Waals surface area contributed by atoms with Gasteiger partial charge < -0.3 is 14.5 Å². The van der Waals surface area contributed by atoms with Crippen LogP contribution in [0.25, 0.3) is 0 Å². The van der Waals surface area contributed by atoms with Crippen LogP contribution in [0.3, 0.4) is 0 Å². The minimum Gasteiger partial charge on any atom is -0.481 e. The van der Waals surface area contributed by atoms with Gasteiger partial charge in [0.25, 0.3) is 5.91 Å². The lowest BCUT2D eigenvalue weighted by Gasteiger charge is -2.36. The second kappa shape index (κ2) is 6.56. The molecule has 1 aliphatic rings. The molecular weight excluding hydrogens is 275 g/mol. The molecule has 1 aromatic rings. The van der Waals surface area contributed by atoms with E-state index in [0.29, 0.717) is 13.1 Å². The maximum absolute atomic E-state index is 13.4. The molecule has 0 N–H and O–H groups in total. The van der Waals surface area contributed by atoms with E-state index in [-0.39, 0.29) is 36.8 Å². The van der Waals surface area contributed by atoms with Gasteiger partial charge in [-0.05, 0) is 26.0 Å². The SMILES string of the molecule is CC(C)N1CCN(C(=O)COc2ccccc2F)CC1=O. The summed E-state index contributed by atoms with van der Waals surface area (Å²) in [5.41, 5.74) is 0. The molecule has 0 unspecified atom stereocenters. The number of ether oxygens (including phenoxy) is 1. The Morgan fingerprint density at radius 2 is 2.05 bits per heavy atom. The maximum atomic E-state index is 13.4. The van der Waals surface area contributed by atoms with Crippen LogP contribution >= 0.6 is 0 Å². The number of para-hydroxylation sites is 1. The number of carbonyl (C=O) groups is 2. The van der Waals surface area contributed by atoms with Crippen LogP contribution in [-0.4, -0.2) is 53.9 Å². The first-order chi connectivity index (χ1) is 9.99. The van der Waals surface area contributed by atoms with E-state index >= 15 is 0 Å². The minimum absolute atomic E-state index is 0.0398. The molecule has 2 rings (SSSR count). The Morgan fingerprint density at radius 3 is 2.67 bits per heavy atom. The molecule has 1 heterocycles. The van der Waals surface area contributed by atoms with E-state index in [1.807, 2.05) is 13.8 Å². The summed E-state index contributed by atoms with van der Waals surface area (Å²) in [6.07, 6.45) is 0. The molecule has 0 radical (unpaired) electrons. The summed E-state index contributed by atoms with van der Waals surface area (Å²) in [7, 11) is 0. The van der Waals surface area contributed by atoms with Crippen molar-refractivity contribution in [3.8, 4) is 5.75 Å². The Morgan fingerprint density at radius 1 is 1.33 bits per heavy atom. The van der Waals surface area contributed by atoms with Gasteiger partial charge in [-0.15, -0.1) is 0 Å². The lowest BCUT2D eigenvalue weighted by Crippen LogP contribution is -2.55. The summed E-state index contributed by atoms with van der Waals surface area (Å²) in [6.45, 7) is 4.66. The quantitative estimate of drug-likeness (QED) is 0.840. The van der Waals surface area contributed by atoms with Gasteiger partial charge in [-0.25, -0.2) is 4.39 Å². The van der Waals surface area contributed by atoms with Crippen molar-refractivity contribution in [2.75, 3.05) is 26.2 Å². The number of halogens is 1. The summed E-state index contributed by atoms with van der Waals surface area (Å²) < 4.78 is 18.5. The molecule has 0 saturated carbocycles. The Hall–Kier alpha value is -2.11. The van der Waals surface area contributed by atoms with E-state index in [4.69, 9.17) is 4.74 Å². The third-order valence-electron chi connectivity index (χ3n) is 3.42. The first kappa shape index (κ1) is 15.3. The Kier molecular flexibility index (Phi) is 4.77. The van der Waals surface area contributed by atoms with E-state index in [1.165, 1.54) is 17.0 Å². The molecule has 2 amide bonds. The van der Waals surface area contributed by atoms with Gasteiger partial charge in [0.05, 0.1) is 6.54 Å². The highest BCUT2D eigenvalue weighted by Gasteiger charge is 2.28. The lowest BCUT2D eigenvalue weighted by atomic mass is 10.2. The highest BCUT2D eigenvalue weighted by Crippen LogP contribution is 2.15. The number of rotatable bonds is 4. The highest BCUT2D eigenvalue weighted by atomic mass is 19.1. The number of carbonyl (C=O) groups excluding carboxylic acids is 2. The zero-order valence-corrected chi connectivity index (χ0v) is 12.2. The van der Waals surface area contributed by atoms with Gasteiger partial charge in [-0.1, -0.05) is 12.1 Å². The molecule has 5 nitrogen and oxygen atoms in total. The molecule has 0 spiro atoms. The summed E-state index contributed by atoms with van der Waals surface area (Å²) in [5, 5.41) is 0. The van der Waals surface area contributed by atoms with Crippen molar-refractivity contribution < 1.29 is 18.7 Å². The Balaban J connectivity index is 1.88. The second-order valence-electron chi connectivity index (χ2n) is 5.22. The monoisotopic (exact) mass is 294 g/mol. The van der Waals surface area contributed by atoms with Crippen molar-refractivity contribution in [3.05, 3.63) is 30.1 Å². The van der Waals surface area contributed by atoms with Crippen molar-refractivity contribution >= 4 is 11.8 Å². The van der Waals surface area contributed by atoms with Crippen LogP contribution in [0.2, 0.25) is 0 Å². The standard InChI is InChI=1S/C15H19FN2O3/c1-11(2)18-8-7-17(9-14(18)19)15(20)10-21-13-6-4-3-5-12(13)16/h3-6,11H,7-10H2,1-2H3. The lowest BCUT2D eigenvalue weighted by molar-refractivity contribution is -0.147. The number of piperazine rings is 1. The summed E-state index contributed by atoms with van der Waals surface area (Å²) in [6, 6.07) is 6.04. The molecule has 0 bridgehead atoms. The van der Waals surface area contributed by atoms with E-state index in [0.717, 1.165) is 0 Å². The van der Waals surface area contributed by atoms with Gasteiger partial charge >= 0.3 is 0 Å². The van der Waals surface area contributed by atoms with Gasteiger partial charge in [-0.2, -0.15) is 0 Å². The Labute approximate surface area is 123 Å². The zero-order chi connectivity index (χ0) is 15.4. The fourth-order valence-corrected chi connectivity index (χ4v) is 2.24. The van der Waals surface area contributed by atoms with Gasteiger partial charge in [0.1, 0.15) is 0 Å². The van der Waals surface area contributed by atoms with E-state index in [2.05, 4.69) is 0 Å². The summed E-state index contributed by atoms with van der Waals surface area (Å²) in [5.74, 6) is -0.852. The van der Waals surface area contributed by atoms with Crippen LogP contribution in [0.5, 0.6) is 5.75 Å². The first-order valence-corrected chi connectivity index (χ1v) is 6.93. The molecule has 6 heteroatoms. The van der Waals surface area contributed by atoms with Gasteiger partial charge in [-0.3, -0.25) is 9.59 Å². The number of amides is 2. The molecule has 114 valence electrons. The Bertz CT molecular complexity index is 533. The average Bonchev–Trinajstić information content (AvgIpc) is 2.45. The fourth-order valence-electron chi connectivity index (χ4n) is 2.24. The molecule has 1 fully saturated rings. The number of benzene rings is 1. The smallest absolute Gasteiger partial charge is 0.261 e. The van der Waals surface area contributed by atoms with Crippen LogP contribution in [0.1, 0.15) is 13.8 Å². The van der Waals surface area contributed by atoms with Gasteiger partial charge in [0, 0.05) is 19.1 Å². The third kappa shape index (κ3) is 3.71. The van der Waals surface area contributed by atoms with Crippen molar-refractivity contribution in [1.29, 1.82) is 0 Å². The van der Waals surface area contributed by atoms with Crippen molar-refractivity contribution in [2.45, 2.75) is 19.9 Å². The first-order valence-electron chi connectivity index (χ1n) is 6.93. The average molecular weight is 294 g/mol. The summed E-state index contributed by atoms with van der Waals surface area (Å²) in [4.78, 5) is 27.1. The van der Waals surface area contributed by atoms with E-state index in [9.17, 15) is 14.0 Å². The normalized spacial score (nSPS) is 15.5. The molecule has 21 heavy (non-hydrogen) atoms. The molecule has 1 saturated heterocycles. The van der Waals surface area contributed by atoms with Gasteiger partial charge in [0.15, 0.2) is 18.2 Å². The highest BCUT2D eigenvalue weighted by molar-refractivity contribution is 5.86. The fraction of sp³-hybridized carbons (Fsp3) is 0.467. The molecule has 0 atom stereocenters. The minimum atomic E-state index is -0.508. The van der Waals surface area contributed by atoms with Crippen LogP contribution in [0.4, 0.5) is 4.39 Å². The zero-order valence-electron chi connectivity index (χ0n) is 12.2. The van der Waals surface area contributed by atoms with Crippen LogP contribution in [0.15, 0.2) is 24.3 Å². The molecule has 0 aromatic heterocycles. The molecule has 1 aromatic carbocycles. The van der Waals surface area contributed by atoms with E-state index < -0.39 is 5.82 Å². The van der Waals surface area contributed by atoms with Crippen molar-refractivity contribution in [2.24, 2.45) is 0 Å². The van der Waals surface area contributed by atoms with Crippen molar-refractivity contribution in [3.63, 3.8) is 0 Å². The third-order valence-corrected chi connectivity index (χ3v) is 3.42. The topological polar surface area (TPSA) is 49.9 Å². The summed E-state index contributed by atoms with van der Waals surface area (Å²) >= 11 is 0. The number of nitrogens with zero attached hydrogens (tertiary/aromatic N) is 2. The van der Waals surface area contributed by atoms with Crippen LogP contribution in [0, 0.1) is 5.82 Å².